The number of aryl methyl sites for hydroxylation is 2. The van der Waals surface area contributed by atoms with Crippen LogP contribution in [0.3, 0.4) is 0 Å². The Morgan fingerprint density at radius 1 is 1.35 bits per heavy atom. The van der Waals surface area contributed by atoms with Crippen LogP contribution in [0.2, 0.25) is 0 Å². The van der Waals surface area contributed by atoms with Crippen molar-refractivity contribution in [3.8, 4) is 0 Å². The van der Waals surface area contributed by atoms with E-state index in [1.54, 1.807) is 0 Å². The Morgan fingerprint density at radius 2 is 2.06 bits per heavy atom. The number of aromatic amines is 1. The number of nitrogens with zero attached hydrogens (tertiary/aromatic N) is 1. The molecule has 0 radical (unpaired) electrons. The fraction of sp³-hybridized carbons (Fsp3) is 0.333. The van der Waals surface area contributed by atoms with E-state index in [1.807, 2.05) is 32.9 Å². The van der Waals surface area contributed by atoms with Gasteiger partial charge >= 0.3 is 6.03 Å². The zero-order chi connectivity index (χ0) is 12.4. The van der Waals surface area contributed by atoms with Crippen LogP contribution in [0.25, 0.3) is 11.0 Å². The minimum Gasteiger partial charge on any atom is -0.338 e. The molecule has 17 heavy (non-hydrogen) atoms. The van der Waals surface area contributed by atoms with E-state index in [-0.39, 0.29) is 6.03 Å². The van der Waals surface area contributed by atoms with Crippen LogP contribution in [-0.4, -0.2) is 22.5 Å². The number of anilines is 1. The van der Waals surface area contributed by atoms with E-state index in [4.69, 9.17) is 0 Å². The molecule has 1 aromatic heterocycles. The van der Waals surface area contributed by atoms with E-state index in [9.17, 15) is 4.79 Å². The van der Waals surface area contributed by atoms with Crippen LogP contribution < -0.4 is 10.6 Å². The number of benzene rings is 1. The van der Waals surface area contributed by atoms with Crippen molar-refractivity contribution in [1.29, 1.82) is 0 Å². The Balaban J connectivity index is 2.29. The van der Waals surface area contributed by atoms with Gasteiger partial charge in [-0.1, -0.05) is 0 Å². The third-order valence-electron chi connectivity index (χ3n) is 2.67. The lowest BCUT2D eigenvalue weighted by molar-refractivity contribution is 0.252. The summed E-state index contributed by atoms with van der Waals surface area (Å²) < 4.78 is 0. The summed E-state index contributed by atoms with van der Waals surface area (Å²) in [5.41, 5.74) is 4.18. The Kier molecular flexibility index (Phi) is 2.99. The second kappa shape index (κ2) is 4.45. The molecule has 0 aliphatic rings. The van der Waals surface area contributed by atoms with Crippen molar-refractivity contribution in [1.82, 2.24) is 15.3 Å². The third kappa shape index (κ3) is 2.38. The highest BCUT2D eigenvalue weighted by Crippen LogP contribution is 2.18. The first-order valence-corrected chi connectivity index (χ1v) is 5.62. The van der Waals surface area contributed by atoms with Crippen molar-refractivity contribution in [2.45, 2.75) is 20.8 Å². The minimum atomic E-state index is -0.250. The van der Waals surface area contributed by atoms with Gasteiger partial charge in [-0.05, 0) is 44.0 Å². The predicted molar refractivity (Wildman–Crippen MR) is 68.3 cm³/mol. The van der Waals surface area contributed by atoms with Crippen molar-refractivity contribution in [3.63, 3.8) is 0 Å². The van der Waals surface area contributed by atoms with Crippen molar-refractivity contribution in [2.75, 3.05) is 11.9 Å². The summed E-state index contributed by atoms with van der Waals surface area (Å²) in [6.45, 7) is 6.54. The van der Waals surface area contributed by atoms with Gasteiger partial charge in [-0.2, -0.15) is 0 Å². The van der Waals surface area contributed by atoms with E-state index < -0.39 is 0 Å². The van der Waals surface area contributed by atoms with Crippen LogP contribution in [0.1, 0.15) is 18.1 Å². The van der Waals surface area contributed by atoms with Gasteiger partial charge in [0.1, 0.15) is 0 Å². The maximum Gasteiger partial charge on any atom is 0.321 e. The number of imidazole rings is 1. The van der Waals surface area contributed by atoms with Gasteiger partial charge in [0, 0.05) is 6.54 Å². The number of hydrogen-bond donors (Lipinski definition) is 3. The van der Waals surface area contributed by atoms with Crippen LogP contribution in [0.5, 0.6) is 0 Å². The lowest BCUT2D eigenvalue weighted by Gasteiger charge is -2.00. The number of rotatable bonds is 2. The van der Waals surface area contributed by atoms with Gasteiger partial charge in [0.2, 0.25) is 5.95 Å². The standard InChI is InChI=1S/C12H16N4O/c1-4-13-12(17)16-11-14-9-5-7(2)8(3)6-10(9)15-11/h5-6H,4H2,1-3H3,(H3,13,14,15,16,17). The van der Waals surface area contributed by atoms with Crippen LogP contribution in [0.4, 0.5) is 10.7 Å². The lowest BCUT2D eigenvalue weighted by Crippen LogP contribution is -2.28. The molecule has 0 bridgehead atoms. The van der Waals surface area contributed by atoms with E-state index in [0.717, 1.165) is 11.0 Å². The molecule has 0 aliphatic carbocycles. The molecule has 0 aliphatic heterocycles. The van der Waals surface area contributed by atoms with Crippen LogP contribution in [0.15, 0.2) is 12.1 Å². The van der Waals surface area contributed by atoms with Crippen molar-refractivity contribution in [3.05, 3.63) is 23.3 Å². The maximum absolute atomic E-state index is 11.3. The molecule has 3 N–H and O–H groups in total. The molecule has 2 amide bonds. The first-order chi connectivity index (χ1) is 8.10. The molecule has 90 valence electrons. The summed E-state index contributed by atoms with van der Waals surface area (Å²) in [5, 5.41) is 5.31. The molecular formula is C12H16N4O. The molecule has 0 unspecified atom stereocenters. The number of urea groups is 1. The second-order valence-electron chi connectivity index (χ2n) is 4.02. The highest BCUT2D eigenvalue weighted by atomic mass is 16.2. The molecule has 0 spiro atoms. The van der Waals surface area contributed by atoms with Crippen LogP contribution >= 0.6 is 0 Å². The van der Waals surface area contributed by atoms with Gasteiger partial charge in [0.25, 0.3) is 0 Å². The topological polar surface area (TPSA) is 69.8 Å². The van der Waals surface area contributed by atoms with E-state index >= 15 is 0 Å². The third-order valence-corrected chi connectivity index (χ3v) is 2.67. The molecule has 2 rings (SSSR count). The Bertz CT molecular complexity index is 520. The Hall–Kier alpha value is -2.04. The highest BCUT2D eigenvalue weighted by molar-refractivity contribution is 5.90. The first kappa shape index (κ1) is 11.4. The molecular weight excluding hydrogens is 216 g/mol. The fourth-order valence-corrected chi connectivity index (χ4v) is 1.64. The summed E-state index contributed by atoms with van der Waals surface area (Å²) >= 11 is 0. The molecule has 2 aromatic rings. The van der Waals surface area contributed by atoms with Crippen molar-refractivity contribution >= 4 is 23.0 Å². The monoisotopic (exact) mass is 232 g/mol. The maximum atomic E-state index is 11.3. The smallest absolute Gasteiger partial charge is 0.321 e. The van der Waals surface area contributed by atoms with Crippen LogP contribution in [0, 0.1) is 13.8 Å². The molecule has 5 nitrogen and oxygen atoms in total. The number of carbonyl (C=O) groups is 1. The molecule has 0 saturated carbocycles. The van der Waals surface area contributed by atoms with Gasteiger partial charge in [0.15, 0.2) is 0 Å². The van der Waals surface area contributed by atoms with Crippen molar-refractivity contribution < 1.29 is 4.79 Å². The predicted octanol–water partition coefficient (Wildman–Crippen LogP) is 2.32. The van der Waals surface area contributed by atoms with E-state index in [1.165, 1.54) is 11.1 Å². The molecule has 1 heterocycles. The number of H-pyrrole nitrogens is 1. The number of fused-ring (bicyclic) bond motifs is 1. The minimum absolute atomic E-state index is 0.250. The van der Waals surface area contributed by atoms with Gasteiger partial charge in [-0.3, -0.25) is 5.32 Å². The van der Waals surface area contributed by atoms with E-state index in [2.05, 4.69) is 20.6 Å². The number of hydrogen-bond acceptors (Lipinski definition) is 2. The largest absolute Gasteiger partial charge is 0.338 e. The van der Waals surface area contributed by atoms with Gasteiger partial charge in [0.05, 0.1) is 11.0 Å². The number of aromatic nitrogens is 2. The van der Waals surface area contributed by atoms with Crippen LogP contribution in [-0.2, 0) is 0 Å². The quantitative estimate of drug-likeness (QED) is 0.743. The Morgan fingerprint density at radius 3 is 2.76 bits per heavy atom. The van der Waals surface area contributed by atoms with Gasteiger partial charge in [-0.15, -0.1) is 0 Å². The average Bonchev–Trinajstić information content (AvgIpc) is 2.60. The summed E-state index contributed by atoms with van der Waals surface area (Å²) in [4.78, 5) is 18.7. The SMILES string of the molecule is CCNC(=O)Nc1nc2cc(C)c(C)cc2[nH]1. The lowest BCUT2D eigenvalue weighted by atomic mass is 10.1. The van der Waals surface area contributed by atoms with Crippen molar-refractivity contribution in [2.24, 2.45) is 0 Å². The molecule has 0 fully saturated rings. The summed E-state index contributed by atoms with van der Waals surface area (Å²) in [6.07, 6.45) is 0. The van der Waals surface area contributed by atoms with E-state index in [0.29, 0.717) is 12.5 Å². The van der Waals surface area contributed by atoms with Gasteiger partial charge in [-0.25, -0.2) is 9.78 Å². The summed E-state index contributed by atoms with van der Waals surface area (Å²) in [5.74, 6) is 0.468. The highest BCUT2D eigenvalue weighted by Gasteiger charge is 2.06. The summed E-state index contributed by atoms with van der Waals surface area (Å²) in [6, 6.07) is 3.78. The second-order valence-corrected chi connectivity index (χ2v) is 4.02. The molecule has 5 heteroatoms. The molecule has 0 saturated heterocycles. The average molecular weight is 232 g/mol. The molecule has 0 atom stereocenters. The normalized spacial score (nSPS) is 10.5. The van der Waals surface area contributed by atoms with Gasteiger partial charge < -0.3 is 10.3 Å². The number of nitrogens with one attached hydrogen (secondary N) is 3. The summed E-state index contributed by atoms with van der Waals surface area (Å²) in [7, 11) is 0. The first-order valence-electron chi connectivity index (χ1n) is 5.62. The number of carbonyl (C=O) groups excluding carboxylic acids is 1. The fourth-order valence-electron chi connectivity index (χ4n) is 1.64. The zero-order valence-electron chi connectivity index (χ0n) is 10.2. The molecule has 1 aromatic carbocycles. The number of amides is 2. The zero-order valence-corrected chi connectivity index (χ0v) is 10.2. The Labute approximate surface area is 99.6 Å².